The van der Waals surface area contributed by atoms with Gasteiger partial charge in [-0.3, -0.25) is 0 Å². The van der Waals surface area contributed by atoms with Crippen LogP contribution < -0.4 is 4.31 Å². The van der Waals surface area contributed by atoms with Crippen molar-refractivity contribution < 1.29 is 4.55 Å². The van der Waals surface area contributed by atoms with E-state index in [1.807, 2.05) is 49.6 Å². The molecule has 1 rings (SSSR count). The van der Waals surface area contributed by atoms with Gasteiger partial charge in [0, 0.05) is 12.6 Å². The molecule has 0 saturated carbocycles. The molecule has 1 aromatic carbocycles. The summed E-state index contributed by atoms with van der Waals surface area (Å²) < 4.78 is 13.8. The zero-order chi connectivity index (χ0) is 12.0. The lowest BCUT2D eigenvalue weighted by atomic mass is 10.3. The molecule has 0 aromatic heterocycles. The third-order valence-corrected chi connectivity index (χ3v) is 3.57. The molecule has 0 saturated heterocycles. The van der Waals surface area contributed by atoms with Crippen LogP contribution in [0, 0.1) is 6.07 Å². The smallest absolute Gasteiger partial charge is 0.128 e. The van der Waals surface area contributed by atoms with Crippen molar-refractivity contribution in [2.75, 3.05) is 37.2 Å². The van der Waals surface area contributed by atoms with Gasteiger partial charge in [-0.05, 0) is 27.1 Å². The van der Waals surface area contributed by atoms with Crippen LogP contribution in [0.15, 0.2) is 24.3 Å². The fourth-order valence-corrected chi connectivity index (χ4v) is 2.25. The number of para-hydroxylation sites is 1. The van der Waals surface area contributed by atoms with Crippen molar-refractivity contribution in [2.45, 2.75) is 6.92 Å². The summed E-state index contributed by atoms with van der Waals surface area (Å²) in [5.74, 6) is 0.635. The lowest BCUT2D eigenvalue weighted by Gasteiger charge is -2.26. The number of benzene rings is 1. The lowest BCUT2D eigenvalue weighted by molar-refractivity contribution is 0.419. The van der Waals surface area contributed by atoms with Crippen molar-refractivity contribution >= 4 is 17.0 Å². The van der Waals surface area contributed by atoms with Crippen LogP contribution in [0.2, 0.25) is 0 Å². The molecule has 1 aromatic rings. The molecule has 89 valence electrons. The van der Waals surface area contributed by atoms with Crippen LogP contribution in [0.4, 0.5) is 5.69 Å². The molecule has 0 N–H and O–H groups in total. The number of nitrogens with zero attached hydrogens (tertiary/aromatic N) is 2. The molecule has 4 heteroatoms. The number of hydrogen-bond donors (Lipinski definition) is 0. The van der Waals surface area contributed by atoms with Gasteiger partial charge in [-0.15, -0.1) is 0 Å². The van der Waals surface area contributed by atoms with Crippen molar-refractivity contribution in [3.05, 3.63) is 30.3 Å². The standard InChI is InChI=1S/C12H19N2OS/c1-4-16(15)14(11-10-13(2)3)12-8-6-5-7-9-12/h5-8H,4,10-11H2,1-3H3. The summed E-state index contributed by atoms with van der Waals surface area (Å²) in [6.07, 6.45) is 0. The molecule has 0 bridgehead atoms. The highest BCUT2D eigenvalue weighted by molar-refractivity contribution is 7.92. The van der Waals surface area contributed by atoms with Gasteiger partial charge in [0.1, 0.15) is 5.75 Å². The van der Waals surface area contributed by atoms with E-state index in [0.29, 0.717) is 5.75 Å². The normalized spacial score (nSPS) is 12.8. The third kappa shape index (κ3) is 4.04. The summed E-state index contributed by atoms with van der Waals surface area (Å²) in [6, 6.07) is 10.8. The Morgan fingerprint density at radius 1 is 1.31 bits per heavy atom. The highest BCUT2D eigenvalue weighted by atomic mass is 32.2. The zero-order valence-electron chi connectivity index (χ0n) is 10.1. The average Bonchev–Trinajstić information content (AvgIpc) is 2.30. The fraction of sp³-hybridized carbons (Fsp3) is 0.500. The average molecular weight is 239 g/mol. The maximum Gasteiger partial charge on any atom is 0.128 e. The molecule has 3 nitrogen and oxygen atoms in total. The number of rotatable bonds is 6. The van der Waals surface area contributed by atoms with Crippen LogP contribution in [0.25, 0.3) is 0 Å². The first-order valence-corrected chi connectivity index (χ1v) is 6.70. The van der Waals surface area contributed by atoms with E-state index in [4.69, 9.17) is 0 Å². The van der Waals surface area contributed by atoms with Crippen LogP contribution in [0.5, 0.6) is 0 Å². The van der Waals surface area contributed by atoms with Crippen LogP contribution in [-0.2, 0) is 11.4 Å². The topological polar surface area (TPSA) is 29.5 Å². The number of anilines is 1. The molecule has 0 fully saturated rings. The Morgan fingerprint density at radius 3 is 2.56 bits per heavy atom. The molecule has 0 aliphatic heterocycles. The molecule has 0 amide bonds. The minimum atomic E-state index is -0.957. The summed E-state index contributed by atoms with van der Waals surface area (Å²) in [4.78, 5) is 2.09. The maximum atomic E-state index is 11.9. The van der Waals surface area contributed by atoms with E-state index < -0.39 is 11.4 Å². The van der Waals surface area contributed by atoms with Gasteiger partial charge >= 0.3 is 0 Å². The van der Waals surface area contributed by atoms with Gasteiger partial charge in [0.25, 0.3) is 0 Å². The summed E-state index contributed by atoms with van der Waals surface area (Å²) in [5, 5.41) is 0. The van der Waals surface area contributed by atoms with Gasteiger partial charge in [-0.25, -0.2) is 0 Å². The maximum absolute atomic E-state index is 11.9. The van der Waals surface area contributed by atoms with Crippen molar-refractivity contribution in [3.8, 4) is 0 Å². The van der Waals surface area contributed by atoms with Crippen LogP contribution in [0.3, 0.4) is 0 Å². The molecule has 1 atom stereocenters. The Hall–Kier alpha value is -0.710. The van der Waals surface area contributed by atoms with E-state index in [1.54, 1.807) is 0 Å². The summed E-state index contributed by atoms with van der Waals surface area (Å²) in [6.45, 7) is 3.57. The number of hydrogen-bond acceptors (Lipinski definition) is 3. The first kappa shape index (κ1) is 13.4. The minimum Gasteiger partial charge on any atom is -0.593 e. The van der Waals surface area contributed by atoms with Crippen LogP contribution in [0.1, 0.15) is 6.92 Å². The molecule has 0 aliphatic carbocycles. The van der Waals surface area contributed by atoms with Gasteiger partial charge in [-0.2, -0.15) is 4.31 Å². The van der Waals surface area contributed by atoms with Crippen molar-refractivity contribution in [1.82, 2.24) is 4.90 Å². The van der Waals surface area contributed by atoms with Gasteiger partial charge in [-0.1, -0.05) is 18.2 Å². The third-order valence-electron chi connectivity index (χ3n) is 2.20. The Labute approximate surface area is 101 Å². The second-order valence-corrected chi connectivity index (χ2v) is 5.42. The van der Waals surface area contributed by atoms with E-state index in [1.165, 1.54) is 0 Å². The lowest BCUT2D eigenvalue weighted by Crippen LogP contribution is -2.37. The molecule has 0 aliphatic rings. The Morgan fingerprint density at radius 2 is 2.06 bits per heavy atom. The predicted molar refractivity (Wildman–Crippen MR) is 69.9 cm³/mol. The highest BCUT2D eigenvalue weighted by Crippen LogP contribution is 2.16. The molecule has 16 heavy (non-hydrogen) atoms. The van der Waals surface area contributed by atoms with Crippen LogP contribution in [-0.4, -0.2) is 42.4 Å². The second-order valence-electron chi connectivity index (χ2n) is 3.76. The fourth-order valence-electron chi connectivity index (χ4n) is 1.32. The molecule has 1 unspecified atom stereocenters. The molecular weight excluding hydrogens is 220 g/mol. The Bertz CT molecular complexity index is 292. The number of likely N-dealkylation sites (N-methyl/N-ethyl adjacent to an activating group) is 1. The SMILES string of the molecule is CC[S+]([O-])N(CCN(C)C)c1[c]cccc1. The van der Waals surface area contributed by atoms with Gasteiger partial charge in [0.05, 0.1) is 23.6 Å². The van der Waals surface area contributed by atoms with Gasteiger partial charge in [0.15, 0.2) is 0 Å². The largest absolute Gasteiger partial charge is 0.593 e. The van der Waals surface area contributed by atoms with Crippen molar-refractivity contribution in [1.29, 1.82) is 0 Å². The quantitative estimate of drug-likeness (QED) is 0.705. The zero-order valence-corrected chi connectivity index (χ0v) is 11.0. The first-order chi connectivity index (χ1) is 7.65. The molecule has 0 spiro atoms. The van der Waals surface area contributed by atoms with Crippen LogP contribution >= 0.6 is 0 Å². The van der Waals surface area contributed by atoms with Crippen molar-refractivity contribution in [2.24, 2.45) is 0 Å². The van der Waals surface area contributed by atoms with E-state index in [9.17, 15) is 4.55 Å². The second kappa shape index (κ2) is 6.78. The highest BCUT2D eigenvalue weighted by Gasteiger charge is 2.18. The van der Waals surface area contributed by atoms with E-state index in [0.717, 1.165) is 18.8 Å². The first-order valence-electron chi connectivity index (χ1n) is 5.42. The van der Waals surface area contributed by atoms with E-state index in [2.05, 4.69) is 11.0 Å². The Balaban J connectivity index is 2.71. The molecule has 1 radical (unpaired) electrons. The van der Waals surface area contributed by atoms with E-state index in [-0.39, 0.29) is 0 Å². The monoisotopic (exact) mass is 239 g/mol. The molecule has 0 heterocycles. The van der Waals surface area contributed by atoms with E-state index >= 15 is 0 Å². The summed E-state index contributed by atoms with van der Waals surface area (Å²) >= 11 is -0.957. The molecular formula is C12H19N2OS. The Kier molecular flexibility index (Phi) is 5.66. The summed E-state index contributed by atoms with van der Waals surface area (Å²) in [5.41, 5.74) is 0.907. The predicted octanol–water partition coefficient (Wildman–Crippen LogP) is 1.54. The summed E-state index contributed by atoms with van der Waals surface area (Å²) in [7, 11) is 4.03. The van der Waals surface area contributed by atoms with Gasteiger partial charge in [0.2, 0.25) is 0 Å². The minimum absolute atomic E-state index is 0.635. The van der Waals surface area contributed by atoms with Gasteiger partial charge < -0.3 is 9.45 Å². The van der Waals surface area contributed by atoms with Crippen molar-refractivity contribution in [3.63, 3.8) is 0 Å².